The highest BCUT2D eigenvalue weighted by atomic mass is 16.7. The quantitative estimate of drug-likeness (QED) is 0.598. The van der Waals surface area contributed by atoms with Gasteiger partial charge in [0.25, 0.3) is 0 Å². The molecule has 1 rings (SSSR count). The summed E-state index contributed by atoms with van der Waals surface area (Å²) in [7, 11) is 0. The van der Waals surface area contributed by atoms with Crippen LogP contribution in [0, 0.1) is 0 Å². The number of aliphatic carboxylic acids is 1. The van der Waals surface area contributed by atoms with Gasteiger partial charge in [-0.25, -0.2) is 9.59 Å². The fourth-order valence-electron chi connectivity index (χ4n) is 2.54. The topological polar surface area (TPSA) is 111 Å². The monoisotopic (exact) mass is 373 g/mol. The predicted molar refractivity (Wildman–Crippen MR) is 93.8 cm³/mol. The van der Waals surface area contributed by atoms with Crippen molar-refractivity contribution >= 4 is 17.8 Å². The highest BCUT2D eigenvalue weighted by molar-refractivity contribution is 5.83. The van der Waals surface area contributed by atoms with Crippen LogP contribution in [-0.2, 0) is 23.8 Å². The molecule has 26 heavy (non-hydrogen) atoms. The van der Waals surface area contributed by atoms with E-state index in [-0.39, 0.29) is 18.8 Å². The maximum Gasteiger partial charge on any atom is 0.408 e. The minimum absolute atomic E-state index is 0.00256. The molecule has 8 nitrogen and oxygen atoms in total. The van der Waals surface area contributed by atoms with Gasteiger partial charge >= 0.3 is 12.1 Å². The summed E-state index contributed by atoms with van der Waals surface area (Å²) in [6, 6.07) is -1.01. The minimum Gasteiger partial charge on any atom is -0.480 e. The zero-order valence-corrected chi connectivity index (χ0v) is 16.3. The molecule has 2 N–H and O–H groups in total. The molecule has 0 aliphatic carbocycles. The second-order valence-corrected chi connectivity index (χ2v) is 7.92. The number of hydrogen-bond acceptors (Lipinski definition) is 6. The Balaban J connectivity index is 2.26. The number of carbonyl (C=O) groups is 3. The molecule has 0 aromatic carbocycles. The van der Waals surface area contributed by atoms with Gasteiger partial charge in [0, 0.05) is 6.42 Å². The van der Waals surface area contributed by atoms with Gasteiger partial charge in [0.05, 0.1) is 6.61 Å². The van der Waals surface area contributed by atoms with Gasteiger partial charge in [0.2, 0.25) is 0 Å². The smallest absolute Gasteiger partial charge is 0.408 e. The van der Waals surface area contributed by atoms with Crippen molar-refractivity contribution in [3.8, 4) is 0 Å². The zero-order chi connectivity index (χ0) is 20.0. The molecule has 0 aromatic rings. The van der Waals surface area contributed by atoms with Crippen LogP contribution < -0.4 is 5.32 Å². The number of hydrogen-bond donors (Lipinski definition) is 2. The first kappa shape index (κ1) is 22.4. The fraction of sp³-hybridized carbons (Fsp3) is 0.833. The molecule has 150 valence electrons. The molecule has 1 aliphatic rings. The number of carboxylic acids is 1. The van der Waals surface area contributed by atoms with Gasteiger partial charge in [0.1, 0.15) is 17.7 Å². The van der Waals surface area contributed by atoms with E-state index in [1.54, 1.807) is 34.6 Å². The first-order chi connectivity index (χ1) is 11.9. The molecule has 1 heterocycles. The number of nitrogens with one attached hydrogen (secondary N) is 1. The Morgan fingerprint density at radius 2 is 1.88 bits per heavy atom. The summed E-state index contributed by atoms with van der Waals surface area (Å²) in [6.07, 6.45) is 1.26. The minimum atomic E-state index is -1.11. The average molecular weight is 373 g/mol. The number of rotatable bonds is 9. The maximum absolute atomic E-state index is 12.0. The fourth-order valence-corrected chi connectivity index (χ4v) is 2.54. The van der Waals surface area contributed by atoms with E-state index < -0.39 is 35.6 Å². The van der Waals surface area contributed by atoms with Gasteiger partial charge in [-0.15, -0.1) is 0 Å². The van der Waals surface area contributed by atoms with Crippen molar-refractivity contribution < 1.29 is 33.7 Å². The summed E-state index contributed by atoms with van der Waals surface area (Å²) >= 11 is 0. The van der Waals surface area contributed by atoms with Crippen LogP contribution >= 0.6 is 0 Å². The Labute approximate surface area is 154 Å². The van der Waals surface area contributed by atoms with Gasteiger partial charge in [0.15, 0.2) is 11.6 Å². The average Bonchev–Trinajstić information content (AvgIpc) is 2.83. The Morgan fingerprint density at radius 1 is 1.23 bits per heavy atom. The van der Waals surface area contributed by atoms with Crippen LogP contribution in [0.3, 0.4) is 0 Å². The van der Waals surface area contributed by atoms with Crippen molar-refractivity contribution in [1.82, 2.24) is 5.32 Å². The summed E-state index contributed by atoms with van der Waals surface area (Å²) in [4.78, 5) is 35.0. The van der Waals surface area contributed by atoms with E-state index in [4.69, 9.17) is 14.2 Å². The van der Waals surface area contributed by atoms with E-state index in [0.717, 1.165) is 0 Å². The van der Waals surface area contributed by atoms with E-state index in [1.165, 1.54) is 0 Å². The number of carboxylic acid groups (broad SMARTS) is 1. The Kier molecular flexibility index (Phi) is 8.02. The maximum atomic E-state index is 12.0. The lowest BCUT2D eigenvalue weighted by molar-refractivity contribution is -0.152. The molecule has 0 saturated carbocycles. The van der Waals surface area contributed by atoms with E-state index in [0.29, 0.717) is 25.7 Å². The third kappa shape index (κ3) is 8.62. The van der Waals surface area contributed by atoms with Crippen LogP contribution in [0.4, 0.5) is 4.79 Å². The van der Waals surface area contributed by atoms with Crippen LogP contribution in [0.2, 0.25) is 0 Å². The predicted octanol–water partition coefficient (Wildman–Crippen LogP) is 2.64. The molecule has 8 heteroatoms. The largest absolute Gasteiger partial charge is 0.480 e. The number of unbranched alkanes of at least 4 members (excludes halogenated alkanes) is 2. The highest BCUT2D eigenvalue weighted by Crippen LogP contribution is 2.24. The standard InChI is InChI=1S/C18H31NO7/c1-17(2,3)26-16(23)19-12(15(21)22)9-7-6-8-10-13(20)14-11-24-18(4,5)25-14/h12,14H,6-11H2,1-5H3,(H,19,23)(H,21,22)/t12-,14+/m0/s1. The number of Topliss-reactive ketones (excluding diaryl/α,β-unsaturated/α-hetero) is 1. The van der Waals surface area contributed by atoms with Crippen LogP contribution in [0.25, 0.3) is 0 Å². The Hall–Kier alpha value is -1.67. The molecule has 1 amide bonds. The van der Waals surface area contributed by atoms with Gasteiger partial charge < -0.3 is 24.6 Å². The first-order valence-electron chi connectivity index (χ1n) is 8.96. The van der Waals surface area contributed by atoms with Crippen molar-refractivity contribution in [2.75, 3.05) is 6.61 Å². The SMILES string of the molecule is CC(C)(C)OC(=O)N[C@@H](CCCCCC(=O)[C@H]1COC(C)(C)O1)C(=O)O. The molecule has 0 aromatic heterocycles. The number of ether oxygens (including phenoxy) is 3. The van der Waals surface area contributed by atoms with Crippen molar-refractivity contribution in [2.24, 2.45) is 0 Å². The highest BCUT2D eigenvalue weighted by Gasteiger charge is 2.36. The lowest BCUT2D eigenvalue weighted by Crippen LogP contribution is -2.43. The van der Waals surface area contributed by atoms with Gasteiger partial charge in [-0.3, -0.25) is 4.79 Å². The molecule has 0 spiro atoms. The van der Waals surface area contributed by atoms with Crippen LogP contribution in [0.15, 0.2) is 0 Å². The third-order valence-electron chi connectivity index (χ3n) is 3.77. The number of carbonyl (C=O) groups excluding carboxylic acids is 2. The lowest BCUT2D eigenvalue weighted by atomic mass is 10.0. The molecule has 0 bridgehead atoms. The van der Waals surface area contributed by atoms with E-state index in [9.17, 15) is 19.5 Å². The Bertz CT molecular complexity index is 510. The third-order valence-corrected chi connectivity index (χ3v) is 3.77. The van der Waals surface area contributed by atoms with E-state index in [1.807, 2.05) is 0 Å². The molecule has 0 radical (unpaired) electrons. The molecular formula is C18H31NO7. The zero-order valence-electron chi connectivity index (χ0n) is 16.3. The van der Waals surface area contributed by atoms with Crippen molar-refractivity contribution in [3.05, 3.63) is 0 Å². The van der Waals surface area contributed by atoms with Crippen LogP contribution in [0.5, 0.6) is 0 Å². The molecule has 2 atom stereocenters. The number of ketones is 1. The molecule has 0 unspecified atom stereocenters. The van der Waals surface area contributed by atoms with Crippen molar-refractivity contribution in [3.63, 3.8) is 0 Å². The summed E-state index contributed by atoms with van der Waals surface area (Å²) in [5.41, 5.74) is -0.686. The van der Waals surface area contributed by atoms with Crippen LogP contribution in [-0.4, -0.2) is 53.1 Å². The molecule has 1 fully saturated rings. The molecule has 1 aliphatic heterocycles. The first-order valence-corrected chi connectivity index (χ1v) is 8.96. The second-order valence-electron chi connectivity index (χ2n) is 7.92. The summed E-state index contributed by atoms with van der Waals surface area (Å²) in [5, 5.41) is 11.6. The summed E-state index contributed by atoms with van der Waals surface area (Å²) in [5.74, 6) is -1.83. The normalized spacial score (nSPS) is 20.4. The van der Waals surface area contributed by atoms with Crippen LogP contribution in [0.1, 0.15) is 66.7 Å². The van der Waals surface area contributed by atoms with Gasteiger partial charge in [-0.1, -0.05) is 12.8 Å². The molecular weight excluding hydrogens is 342 g/mol. The summed E-state index contributed by atoms with van der Waals surface area (Å²) < 4.78 is 15.9. The van der Waals surface area contributed by atoms with Gasteiger partial charge in [-0.2, -0.15) is 0 Å². The number of alkyl carbamates (subject to hydrolysis) is 1. The van der Waals surface area contributed by atoms with E-state index >= 15 is 0 Å². The van der Waals surface area contributed by atoms with Crippen molar-refractivity contribution in [2.45, 2.75) is 90.3 Å². The number of amides is 1. The summed E-state index contributed by atoms with van der Waals surface area (Å²) in [6.45, 7) is 8.93. The van der Waals surface area contributed by atoms with Crippen molar-refractivity contribution in [1.29, 1.82) is 0 Å². The Morgan fingerprint density at radius 3 is 2.38 bits per heavy atom. The van der Waals surface area contributed by atoms with Gasteiger partial charge in [-0.05, 0) is 47.5 Å². The lowest BCUT2D eigenvalue weighted by Gasteiger charge is -2.22. The molecule has 1 saturated heterocycles. The second kappa shape index (κ2) is 9.32. The van der Waals surface area contributed by atoms with E-state index in [2.05, 4.69) is 5.32 Å².